The van der Waals surface area contributed by atoms with Crippen molar-refractivity contribution >= 4 is 16.3 Å². The lowest BCUT2D eigenvalue weighted by Crippen LogP contribution is -2.01. The highest BCUT2D eigenvalue weighted by molar-refractivity contribution is 7.17. The molecule has 19 heavy (non-hydrogen) atoms. The van der Waals surface area contributed by atoms with E-state index in [9.17, 15) is 13.2 Å². The summed E-state index contributed by atoms with van der Waals surface area (Å²) in [6, 6.07) is 1.72. The molecule has 4 nitrogen and oxygen atoms in total. The van der Waals surface area contributed by atoms with Gasteiger partial charge in [-0.3, -0.25) is 4.40 Å². The van der Waals surface area contributed by atoms with Crippen LogP contribution in [0.5, 0.6) is 0 Å². The fourth-order valence-electron chi connectivity index (χ4n) is 1.65. The fourth-order valence-corrected chi connectivity index (χ4v) is 2.48. The molecule has 3 aromatic rings. The van der Waals surface area contributed by atoms with E-state index in [0.717, 1.165) is 11.9 Å². The van der Waals surface area contributed by atoms with Crippen molar-refractivity contribution in [1.29, 1.82) is 0 Å². The van der Waals surface area contributed by atoms with E-state index in [2.05, 4.69) is 15.0 Å². The molecule has 0 spiro atoms. The molecule has 3 heterocycles. The Labute approximate surface area is 109 Å². The van der Waals surface area contributed by atoms with Gasteiger partial charge in [-0.1, -0.05) is 11.3 Å². The van der Waals surface area contributed by atoms with Gasteiger partial charge < -0.3 is 0 Å². The van der Waals surface area contributed by atoms with Crippen molar-refractivity contribution in [3.63, 3.8) is 0 Å². The van der Waals surface area contributed by atoms with Gasteiger partial charge in [0.05, 0.1) is 6.20 Å². The Morgan fingerprint density at radius 3 is 2.74 bits per heavy atom. The number of aromatic nitrogens is 4. The van der Waals surface area contributed by atoms with Crippen LogP contribution in [0, 0.1) is 6.92 Å². The van der Waals surface area contributed by atoms with E-state index in [4.69, 9.17) is 0 Å². The zero-order chi connectivity index (χ0) is 13.6. The van der Waals surface area contributed by atoms with Crippen LogP contribution in [-0.2, 0) is 6.18 Å². The van der Waals surface area contributed by atoms with Gasteiger partial charge in [-0.2, -0.15) is 13.2 Å². The van der Waals surface area contributed by atoms with Gasteiger partial charge in [0.15, 0.2) is 10.8 Å². The molecule has 3 rings (SSSR count). The van der Waals surface area contributed by atoms with E-state index in [1.807, 2.05) is 0 Å². The van der Waals surface area contributed by atoms with Crippen LogP contribution in [-0.4, -0.2) is 19.4 Å². The summed E-state index contributed by atoms with van der Waals surface area (Å²) >= 11 is 0.595. The van der Waals surface area contributed by atoms with Crippen LogP contribution in [0.25, 0.3) is 16.5 Å². The summed E-state index contributed by atoms with van der Waals surface area (Å²) in [6.45, 7) is 1.79. The van der Waals surface area contributed by atoms with Crippen molar-refractivity contribution in [1.82, 2.24) is 19.4 Å². The summed E-state index contributed by atoms with van der Waals surface area (Å²) < 4.78 is 39.3. The number of aryl methyl sites for hydroxylation is 1. The molecule has 0 unspecified atom stereocenters. The second-order valence-corrected chi connectivity index (χ2v) is 4.92. The molecule has 0 amide bonds. The molecule has 98 valence electrons. The van der Waals surface area contributed by atoms with Crippen molar-refractivity contribution < 1.29 is 13.2 Å². The minimum absolute atomic E-state index is 0.271. The van der Waals surface area contributed by atoms with E-state index in [1.165, 1.54) is 10.6 Å². The number of imidazole rings is 1. The Morgan fingerprint density at radius 2 is 2.05 bits per heavy atom. The van der Waals surface area contributed by atoms with Crippen molar-refractivity contribution in [3.05, 3.63) is 35.2 Å². The quantitative estimate of drug-likeness (QED) is 0.689. The first-order chi connectivity index (χ1) is 8.95. The van der Waals surface area contributed by atoms with Crippen molar-refractivity contribution in [2.75, 3.05) is 0 Å². The van der Waals surface area contributed by atoms with Crippen LogP contribution in [0.4, 0.5) is 13.2 Å². The van der Waals surface area contributed by atoms with Crippen LogP contribution in [0.15, 0.2) is 24.7 Å². The van der Waals surface area contributed by atoms with Crippen molar-refractivity contribution in [2.45, 2.75) is 13.1 Å². The number of halogens is 3. The Kier molecular flexibility index (Phi) is 2.56. The smallest absolute Gasteiger partial charge is 0.287 e. The topological polar surface area (TPSA) is 43.1 Å². The third-order valence-electron chi connectivity index (χ3n) is 2.51. The Morgan fingerprint density at radius 1 is 1.26 bits per heavy atom. The fraction of sp³-hybridized carbons (Fsp3) is 0.182. The predicted molar refractivity (Wildman–Crippen MR) is 63.8 cm³/mol. The minimum Gasteiger partial charge on any atom is -0.287 e. The Hall–Kier alpha value is -1.96. The zero-order valence-electron chi connectivity index (χ0n) is 9.64. The molecular formula is C11H7F3N4S. The average molecular weight is 284 g/mol. The van der Waals surface area contributed by atoms with Crippen LogP contribution >= 0.6 is 11.3 Å². The molecule has 0 N–H and O–H groups in total. The number of hydrogen-bond acceptors (Lipinski definition) is 4. The summed E-state index contributed by atoms with van der Waals surface area (Å²) in [6.07, 6.45) is -0.307. The van der Waals surface area contributed by atoms with Crippen LogP contribution in [0.1, 0.15) is 10.6 Å². The van der Waals surface area contributed by atoms with Crippen LogP contribution < -0.4 is 0 Å². The number of alkyl halides is 3. The van der Waals surface area contributed by atoms with E-state index in [1.54, 1.807) is 19.2 Å². The lowest BCUT2D eigenvalue weighted by atomic mass is 10.4. The number of rotatable bonds is 1. The third kappa shape index (κ3) is 2.07. The third-order valence-corrected chi connectivity index (χ3v) is 3.56. The summed E-state index contributed by atoms with van der Waals surface area (Å²) in [7, 11) is 0. The summed E-state index contributed by atoms with van der Waals surface area (Å²) in [5.41, 5.74) is 1.19. The molecule has 0 radical (unpaired) electrons. The van der Waals surface area contributed by atoms with Crippen molar-refractivity contribution in [3.8, 4) is 11.5 Å². The lowest BCUT2D eigenvalue weighted by molar-refractivity contribution is -0.134. The SMILES string of the molecule is Cc1ccnc(-c2cnc3sc(C(F)(F)F)cn23)n1. The minimum atomic E-state index is -4.36. The monoisotopic (exact) mass is 284 g/mol. The Balaban J connectivity index is 2.17. The number of nitrogens with zero attached hydrogens (tertiary/aromatic N) is 4. The number of hydrogen-bond donors (Lipinski definition) is 0. The maximum Gasteiger partial charge on any atom is 0.427 e. The molecule has 8 heteroatoms. The van der Waals surface area contributed by atoms with Crippen LogP contribution in [0.2, 0.25) is 0 Å². The van der Waals surface area contributed by atoms with Gasteiger partial charge in [-0.05, 0) is 13.0 Å². The second kappa shape index (κ2) is 4.02. The van der Waals surface area contributed by atoms with E-state index in [0.29, 0.717) is 22.9 Å². The summed E-state index contributed by atoms with van der Waals surface area (Å²) in [4.78, 5) is 11.8. The predicted octanol–water partition coefficient (Wildman–Crippen LogP) is 3.18. The first kappa shape index (κ1) is 12.1. The van der Waals surface area contributed by atoms with Gasteiger partial charge in [0.25, 0.3) is 0 Å². The van der Waals surface area contributed by atoms with E-state index >= 15 is 0 Å². The zero-order valence-corrected chi connectivity index (χ0v) is 10.5. The number of fused-ring (bicyclic) bond motifs is 1. The molecule has 3 aromatic heterocycles. The van der Waals surface area contributed by atoms with Crippen LogP contribution in [0.3, 0.4) is 0 Å². The largest absolute Gasteiger partial charge is 0.427 e. The standard InChI is InChI=1S/C11H7F3N4S/c1-6-2-3-15-9(17-6)7-4-16-10-18(7)5-8(19-10)11(12,13)14/h2-5H,1H3. The van der Waals surface area contributed by atoms with E-state index < -0.39 is 11.1 Å². The normalized spacial score (nSPS) is 12.2. The molecule has 0 atom stereocenters. The molecule has 0 aliphatic rings. The molecule has 0 aliphatic carbocycles. The van der Waals surface area contributed by atoms with Gasteiger partial charge in [0.2, 0.25) is 0 Å². The summed E-state index contributed by atoms with van der Waals surface area (Å²) in [5.74, 6) is 0.360. The van der Waals surface area contributed by atoms with Gasteiger partial charge in [0, 0.05) is 18.1 Å². The molecule has 0 fully saturated rings. The van der Waals surface area contributed by atoms with E-state index in [-0.39, 0.29) is 4.96 Å². The second-order valence-electron chi connectivity index (χ2n) is 3.91. The number of thiazole rings is 1. The highest BCUT2D eigenvalue weighted by atomic mass is 32.1. The first-order valence-electron chi connectivity index (χ1n) is 5.29. The van der Waals surface area contributed by atoms with Crippen molar-refractivity contribution in [2.24, 2.45) is 0 Å². The molecule has 0 aromatic carbocycles. The lowest BCUT2D eigenvalue weighted by Gasteiger charge is -2.01. The Bertz CT molecular complexity index is 744. The molecule has 0 saturated carbocycles. The summed E-state index contributed by atoms with van der Waals surface area (Å²) in [5, 5.41) is 0. The maximum absolute atomic E-state index is 12.6. The average Bonchev–Trinajstić information content (AvgIpc) is 2.86. The highest BCUT2D eigenvalue weighted by Gasteiger charge is 2.34. The molecule has 0 saturated heterocycles. The van der Waals surface area contributed by atoms with Gasteiger partial charge in [-0.25, -0.2) is 15.0 Å². The molecular weight excluding hydrogens is 277 g/mol. The first-order valence-corrected chi connectivity index (χ1v) is 6.11. The maximum atomic E-state index is 12.6. The van der Waals surface area contributed by atoms with Gasteiger partial charge >= 0.3 is 6.18 Å². The van der Waals surface area contributed by atoms with Gasteiger partial charge in [-0.15, -0.1) is 0 Å². The molecule has 0 aliphatic heterocycles. The molecule has 0 bridgehead atoms. The highest BCUT2D eigenvalue weighted by Crippen LogP contribution is 2.35. The van der Waals surface area contributed by atoms with Gasteiger partial charge in [0.1, 0.15) is 10.6 Å².